The molecule has 1 heterocycles. The van der Waals surface area contributed by atoms with Crippen LogP contribution >= 0.6 is 0 Å². The number of hydrogen-bond acceptors (Lipinski definition) is 4. The lowest BCUT2D eigenvalue weighted by atomic mass is 10.2. The lowest BCUT2D eigenvalue weighted by Gasteiger charge is -2.10. The summed E-state index contributed by atoms with van der Waals surface area (Å²) in [6.45, 7) is 2.59. The van der Waals surface area contributed by atoms with Gasteiger partial charge in [0, 0.05) is 33.4 Å². The van der Waals surface area contributed by atoms with Crippen LogP contribution in [0, 0.1) is 11.8 Å². The van der Waals surface area contributed by atoms with Gasteiger partial charge in [-0.15, -0.1) is 0 Å². The van der Waals surface area contributed by atoms with E-state index in [0.29, 0.717) is 26.1 Å². The number of nitrogens with one attached hydrogen (secondary N) is 2. The first kappa shape index (κ1) is 15.3. The van der Waals surface area contributed by atoms with Gasteiger partial charge in [-0.1, -0.05) is 0 Å². The van der Waals surface area contributed by atoms with Crippen molar-refractivity contribution in [1.29, 1.82) is 0 Å². The Labute approximate surface area is 119 Å². The van der Waals surface area contributed by atoms with E-state index in [-0.39, 0.29) is 29.8 Å². The van der Waals surface area contributed by atoms with Crippen LogP contribution < -0.4 is 10.6 Å². The summed E-state index contributed by atoms with van der Waals surface area (Å²) < 4.78 is 10.4. The molecule has 6 nitrogen and oxygen atoms in total. The third-order valence-electron chi connectivity index (χ3n) is 3.82. The second kappa shape index (κ2) is 7.59. The molecule has 2 rings (SSSR count). The Morgan fingerprint density at radius 2 is 2.00 bits per heavy atom. The Morgan fingerprint density at radius 3 is 2.65 bits per heavy atom. The molecule has 6 heteroatoms. The van der Waals surface area contributed by atoms with E-state index in [2.05, 4.69) is 10.6 Å². The monoisotopic (exact) mass is 284 g/mol. The summed E-state index contributed by atoms with van der Waals surface area (Å²) in [4.78, 5) is 23.7. The van der Waals surface area contributed by atoms with Crippen molar-refractivity contribution in [3.8, 4) is 0 Å². The SMILES string of the molecule is COCCCNC(=O)C1CC1C(=O)NCC1CCCO1. The number of methoxy groups -OCH3 is 1. The molecule has 2 fully saturated rings. The predicted octanol–water partition coefficient (Wildman–Crippen LogP) is 0.0704. The molecule has 1 aliphatic heterocycles. The van der Waals surface area contributed by atoms with Crippen molar-refractivity contribution in [2.45, 2.75) is 31.8 Å². The van der Waals surface area contributed by atoms with Gasteiger partial charge in [0.2, 0.25) is 11.8 Å². The van der Waals surface area contributed by atoms with Crippen LogP contribution in [-0.4, -0.2) is 51.3 Å². The van der Waals surface area contributed by atoms with E-state index < -0.39 is 0 Å². The molecular formula is C14H24N2O4. The van der Waals surface area contributed by atoms with Gasteiger partial charge in [0.05, 0.1) is 17.9 Å². The number of hydrogen-bond donors (Lipinski definition) is 2. The van der Waals surface area contributed by atoms with E-state index in [1.165, 1.54) is 0 Å². The number of amides is 2. The summed E-state index contributed by atoms with van der Waals surface area (Å²) >= 11 is 0. The third kappa shape index (κ3) is 4.45. The number of rotatable bonds is 8. The van der Waals surface area contributed by atoms with Crippen molar-refractivity contribution in [3.05, 3.63) is 0 Å². The number of ether oxygens (including phenoxy) is 2. The molecule has 0 radical (unpaired) electrons. The molecule has 0 aromatic heterocycles. The maximum absolute atomic E-state index is 11.9. The molecule has 0 aromatic rings. The molecule has 114 valence electrons. The minimum absolute atomic E-state index is 0.0154. The van der Waals surface area contributed by atoms with E-state index in [9.17, 15) is 9.59 Å². The van der Waals surface area contributed by atoms with Crippen LogP contribution in [0.4, 0.5) is 0 Å². The quantitative estimate of drug-likeness (QED) is 0.618. The summed E-state index contributed by atoms with van der Waals surface area (Å²) in [5.74, 6) is -0.336. The van der Waals surface area contributed by atoms with Gasteiger partial charge in [-0.3, -0.25) is 9.59 Å². The Hall–Kier alpha value is -1.14. The first-order valence-corrected chi connectivity index (χ1v) is 7.38. The van der Waals surface area contributed by atoms with Crippen LogP contribution in [0.2, 0.25) is 0 Å². The standard InChI is InChI=1S/C14H24N2O4/c1-19-6-3-5-15-13(17)11-8-12(11)14(18)16-9-10-4-2-7-20-10/h10-12H,2-9H2,1H3,(H,15,17)(H,16,18). The minimum Gasteiger partial charge on any atom is -0.385 e. The molecule has 1 aliphatic carbocycles. The molecule has 2 N–H and O–H groups in total. The van der Waals surface area contributed by atoms with E-state index in [4.69, 9.17) is 9.47 Å². The van der Waals surface area contributed by atoms with Crippen LogP contribution in [0.5, 0.6) is 0 Å². The van der Waals surface area contributed by atoms with Gasteiger partial charge in [0.1, 0.15) is 0 Å². The van der Waals surface area contributed by atoms with Crippen LogP contribution in [0.15, 0.2) is 0 Å². The highest BCUT2D eigenvalue weighted by molar-refractivity contribution is 5.92. The summed E-state index contributed by atoms with van der Waals surface area (Å²) in [5, 5.41) is 5.72. The Morgan fingerprint density at radius 1 is 1.25 bits per heavy atom. The van der Waals surface area contributed by atoms with Crippen molar-refractivity contribution in [2.75, 3.05) is 33.4 Å². The largest absolute Gasteiger partial charge is 0.385 e. The second-order valence-electron chi connectivity index (χ2n) is 5.47. The molecule has 0 bridgehead atoms. The lowest BCUT2D eigenvalue weighted by molar-refractivity contribution is -0.127. The fourth-order valence-electron chi connectivity index (χ4n) is 2.48. The molecule has 3 unspecified atom stereocenters. The first-order chi connectivity index (χ1) is 9.72. The average molecular weight is 284 g/mol. The van der Waals surface area contributed by atoms with E-state index >= 15 is 0 Å². The normalized spacial score (nSPS) is 28.1. The first-order valence-electron chi connectivity index (χ1n) is 7.38. The Bertz CT molecular complexity index is 342. The van der Waals surface area contributed by atoms with Gasteiger partial charge in [-0.2, -0.15) is 0 Å². The van der Waals surface area contributed by atoms with Crippen LogP contribution in [0.3, 0.4) is 0 Å². The van der Waals surface area contributed by atoms with Gasteiger partial charge >= 0.3 is 0 Å². The van der Waals surface area contributed by atoms with E-state index in [1.807, 2.05) is 0 Å². The fraction of sp³-hybridized carbons (Fsp3) is 0.857. The molecule has 2 amide bonds. The van der Waals surface area contributed by atoms with Crippen LogP contribution in [0.1, 0.15) is 25.7 Å². The topological polar surface area (TPSA) is 76.7 Å². The maximum Gasteiger partial charge on any atom is 0.224 e. The van der Waals surface area contributed by atoms with Gasteiger partial charge < -0.3 is 20.1 Å². The fourth-order valence-corrected chi connectivity index (χ4v) is 2.48. The molecule has 1 saturated carbocycles. The zero-order valence-corrected chi connectivity index (χ0v) is 12.0. The van der Waals surface area contributed by atoms with Crippen molar-refractivity contribution in [1.82, 2.24) is 10.6 Å². The Kier molecular flexibility index (Phi) is 5.79. The second-order valence-corrected chi connectivity index (χ2v) is 5.47. The van der Waals surface area contributed by atoms with Crippen LogP contribution in [0.25, 0.3) is 0 Å². The third-order valence-corrected chi connectivity index (χ3v) is 3.82. The lowest BCUT2D eigenvalue weighted by Crippen LogP contribution is -2.34. The van der Waals surface area contributed by atoms with Gasteiger partial charge in [-0.05, 0) is 25.7 Å². The molecule has 0 spiro atoms. The van der Waals surface area contributed by atoms with Crippen molar-refractivity contribution < 1.29 is 19.1 Å². The molecular weight excluding hydrogens is 260 g/mol. The molecule has 1 saturated heterocycles. The van der Waals surface area contributed by atoms with Crippen molar-refractivity contribution >= 4 is 11.8 Å². The van der Waals surface area contributed by atoms with E-state index in [0.717, 1.165) is 25.9 Å². The van der Waals surface area contributed by atoms with Gasteiger partial charge in [0.15, 0.2) is 0 Å². The van der Waals surface area contributed by atoms with Crippen molar-refractivity contribution in [3.63, 3.8) is 0 Å². The zero-order chi connectivity index (χ0) is 14.4. The Balaban J connectivity index is 1.58. The summed E-state index contributed by atoms with van der Waals surface area (Å²) in [7, 11) is 1.64. The highest BCUT2D eigenvalue weighted by Gasteiger charge is 2.47. The average Bonchev–Trinajstić information content (AvgIpc) is 3.09. The molecule has 2 aliphatic rings. The number of carbonyl (C=O) groups excluding carboxylic acids is 2. The molecule has 20 heavy (non-hydrogen) atoms. The van der Waals surface area contributed by atoms with Gasteiger partial charge in [-0.25, -0.2) is 0 Å². The number of carbonyl (C=O) groups is 2. The maximum atomic E-state index is 11.9. The summed E-state index contributed by atoms with van der Waals surface area (Å²) in [6.07, 6.45) is 3.68. The summed E-state index contributed by atoms with van der Waals surface area (Å²) in [5.41, 5.74) is 0. The zero-order valence-electron chi connectivity index (χ0n) is 12.0. The summed E-state index contributed by atoms with van der Waals surface area (Å²) in [6, 6.07) is 0. The smallest absolute Gasteiger partial charge is 0.224 e. The van der Waals surface area contributed by atoms with E-state index in [1.54, 1.807) is 7.11 Å². The molecule has 3 atom stereocenters. The highest BCUT2D eigenvalue weighted by atomic mass is 16.5. The van der Waals surface area contributed by atoms with Gasteiger partial charge in [0.25, 0.3) is 0 Å². The minimum atomic E-state index is -0.154. The highest BCUT2D eigenvalue weighted by Crippen LogP contribution is 2.38. The van der Waals surface area contributed by atoms with Crippen molar-refractivity contribution in [2.24, 2.45) is 11.8 Å². The van der Waals surface area contributed by atoms with Crippen LogP contribution in [-0.2, 0) is 19.1 Å². The molecule has 0 aromatic carbocycles. The predicted molar refractivity (Wildman–Crippen MR) is 73.1 cm³/mol.